The van der Waals surface area contributed by atoms with Crippen LogP contribution in [0.3, 0.4) is 0 Å². The van der Waals surface area contributed by atoms with E-state index >= 15 is 0 Å². The van der Waals surface area contributed by atoms with E-state index < -0.39 is 5.41 Å². The maximum Gasteiger partial charge on any atom is 0.230 e. The Hall–Kier alpha value is -1.10. The number of fused-ring (bicyclic) bond motifs is 1. The highest BCUT2D eigenvalue weighted by Crippen LogP contribution is 2.36. The van der Waals surface area contributed by atoms with Crippen LogP contribution in [0.4, 0.5) is 0 Å². The lowest BCUT2D eigenvalue weighted by molar-refractivity contribution is -0.147. The van der Waals surface area contributed by atoms with Crippen molar-refractivity contribution >= 4 is 11.8 Å². The van der Waals surface area contributed by atoms with E-state index in [0.29, 0.717) is 13.1 Å². The molecule has 0 aromatic rings. The second kappa shape index (κ2) is 6.77. The first-order valence-electron chi connectivity index (χ1n) is 8.38. The van der Waals surface area contributed by atoms with Gasteiger partial charge in [-0.05, 0) is 25.7 Å². The molecule has 0 radical (unpaired) electrons. The van der Waals surface area contributed by atoms with Gasteiger partial charge in [0.2, 0.25) is 11.8 Å². The van der Waals surface area contributed by atoms with Crippen LogP contribution in [0.15, 0.2) is 0 Å². The van der Waals surface area contributed by atoms with Crippen molar-refractivity contribution in [1.29, 1.82) is 0 Å². The molecule has 120 valence electrons. The first-order valence-corrected chi connectivity index (χ1v) is 8.38. The van der Waals surface area contributed by atoms with Crippen molar-refractivity contribution in [3.63, 3.8) is 0 Å². The highest BCUT2D eigenvalue weighted by molar-refractivity contribution is 5.87. The number of carbonyl (C=O) groups is 2. The molecule has 0 aliphatic carbocycles. The van der Waals surface area contributed by atoms with Crippen LogP contribution in [-0.4, -0.2) is 42.4 Å². The summed E-state index contributed by atoms with van der Waals surface area (Å²) in [7, 11) is 0. The van der Waals surface area contributed by atoms with Crippen molar-refractivity contribution < 1.29 is 9.59 Å². The third-order valence-electron chi connectivity index (χ3n) is 5.16. The van der Waals surface area contributed by atoms with E-state index in [1.807, 2.05) is 4.90 Å². The molecule has 2 aliphatic heterocycles. The standard InChI is InChI=1S/C16H29N3O2/c1-3-7-16(11-17,8-4-2)15(21)19-9-5-6-12-13(19)10-18-14(12)20/h12-13H,3-11,17H2,1-2H3,(H,18,20). The van der Waals surface area contributed by atoms with Crippen molar-refractivity contribution in [3.05, 3.63) is 0 Å². The van der Waals surface area contributed by atoms with Gasteiger partial charge in [0.05, 0.1) is 17.4 Å². The summed E-state index contributed by atoms with van der Waals surface area (Å²) < 4.78 is 0. The molecule has 3 N–H and O–H groups in total. The SMILES string of the molecule is CCCC(CN)(CCC)C(=O)N1CCCC2C(=O)NCC21. The monoisotopic (exact) mass is 295 g/mol. The summed E-state index contributed by atoms with van der Waals surface area (Å²) in [6, 6.07) is 0.0402. The minimum atomic E-state index is -0.434. The van der Waals surface area contributed by atoms with E-state index in [-0.39, 0.29) is 23.8 Å². The van der Waals surface area contributed by atoms with Gasteiger partial charge in [-0.3, -0.25) is 9.59 Å². The summed E-state index contributed by atoms with van der Waals surface area (Å²) in [4.78, 5) is 27.0. The van der Waals surface area contributed by atoms with Crippen LogP contribution in [0, 0.1) is 11.3 Å². The Balaban J connectivity index is 2.21. The minimum Gasteiger partial charge on any atom is -0.354 e. The lowest BCUT2D eigenvalue weighted by Gasteiger charge is -2.42. The molecule has 0 aromatic carbocycles. The van der Waals surface area contributed by atoms with E-state index in [2.05, 4.69) is 19.2 Å². The number of piperidine rings is 1. The van der Waals surface area contributed by atoms with Gasteiger partial charge in [0, 0.05) is 19.6 Å². The van der Waals surface area contributed by atoms with Crippen molar-refractivity contribution in [2.24, 2.45) is 17.1 Å². The first-order chi connectivity index (χ1) is 10.1. The average molecular weight is 295 g/mol. The van der Waals surface area contributed by atoms with Gasteiger partial charge in [0.25, 0.3) is 0 Å². The summed E-state index contributed by atoms with van der Waals surface area (Å²) in [5.74, 6) is 0.281. The second-order valence-corrected chi connectivity index (χ2v) is 6.54. The molecule has 2 fully saturated rings. The van der Waals surface area contributed by atoms with Crippen LogP contribution in [0.1, 0.15) is 52.4 Å². The topological polar surface area (TPSA) is 75.4 Å². The van der Waals surface area contributed by atoms with E-state index in [1.54, 1.807) is 0 Å². The molecule has 2 rings (SSSR count). The fourth-order valence-electron chi connectivity index (χ4n) is 4.10. The van der Waals surface area contributed by atoms with Crippen molar-refractivity contribution in [2.45, 2.75) is 58.4 Å². The Morgan fingerprint density at radius 2 is 2.05 bits per heavy atom. The number of likely N-dealkylation sites (tertiary alicyclic amines) is 1. The van der Waals surface area contributed by atoms with Crippen LogP contribution in [0.2, 0.25) is 0 Å². The Morgan fingerprint density at radius 1 is 1.38 bits per heavy atom. The quantitative estimate of drug-likeness (QED) is 0.775. The molecule has 0 aromatic heterocycles. The predicted molar refractivity (Wildman–Crippen MR) is 82.5 cm³/mol. The molecule has 5 nitrogen and oxygen atoms in total. The number of nitrogens with one attached hydrogen (secondary N) is 1. The van der Waals surface area contributed by atoms with E-state index in [1.165, 1.54) is 0 Å². The van der Waals surface area contributed by atoms with Gasteiger partial charge in [-0.15, -0.1) is 0 Å². The fraction of sp³-hybridized carbons (Fsp3) is 0.875. The lowest BCUT2D eigenvalue weighted by Crippen LogP contribution is -2.56. The fourth-order valence-corrected chi connectivity index (χ4v) is 4.10. The van der Waals surface area contributed by atoms with Crippen LogP contribution in [-0.2, 0) is 9.59 Å². The zero-order valence-corrected chi connectivity index (χ0v) is 13.4. The zero-order chi connectivity index (χ0) is 15.5. The maximum atomic E-state index is 13.2. The molecule has 21 heavy (non-hydrogen) atoms. The van der Waals surface area contributed by atoms with Crippen LogP contribution >= 0.6 is 0 Å². The summed E-state index contributed by atoms with van der Waals surface area (Å²) in [5.41, 5.74) is 5.59. The third kappa shape index (κ3) is 2.93. The number of carbonyl (C=O) groups excluding carboxylic acids is 2. The molecule has 2 unspecified atom stereocenters. The lowest BCUT2D eigenvalue weighted by atomic mass is 9.76. The van der Waals surface area contributed by atoms with Crippen LogP contribution in [0.25, 0.3) is 0 Å². The molecule has 0 spiro atoms. The van der Waals surface area contributed by atoms with Crippen molar-refractivity contribution in [2.75, 3.05) is 19.6 Å². The van der Waals surface area contributed by atoms with Gasteiger partial charge in [-0.25, -0.2) is 0 Å². The number of amides is 2. The highest BCUT2D eigenvalue weighted by Gasteiger charge is 2.47. The summed E-state index contributed by atoms with van der Waals surface area (Å²) >= 11 is 0. The second-order valence-electron chi connectivity index (χ2n) is 6.54. The third-order valence-corrected chi connectivity index (χ3v) is 5.16. The maximum absolute atomic E-state index is 13.2. The predicted octanol–water partition coefficient (Wildman–Crippen LogP) is 1.27. The van der Waals surface area contributed by atoms with Gasteiger partial charge in [-0.2, -0.15) is 0 Å². The molecule has 2 aliphatic rings. The molecule has 2 saturated heterocycles. The van der Waals surface area contributed by atoms with Gasteiger partial charge in [0.15, 0.2) is 0 Å². The molecular formula is C16H29N3O2. The Bertz CT molecular complexity index is 391. The highest BCUT2D eigenvalue weighted by atomic mass is 16.2. The molecule has 2 amide bonds. The van der Waals surface area contributed by atoms with Gasteiger partial charge in [-0.1, -0.05) is 26.7 Å². The molecular weight excluding hydrogens is 266 g/mol. The van der Waals surface area contributed by atoms with E-state index in [9.17, 15) is 9.59 Å². The molecule has 5 heteroatoms. The Kier molecular flexibility index (Phi) is 5.25. The van der Waals surface area contributed by atoms with Crippen LogP contribution < -0.4 is 11.1 Å². The van der Waals surface area contributed by atoms with E-state index in [0.717, 1.165) is 45.1 Å². The Labute approximate surface area is 127 Å². The molecule has 2 atom stereocenters. The molecule has 0 saturated carbocycles. The number of hydrogen-bond donors (Lipinski definition) is 2. The molecule has 0 bridgehead atoms. The van der Waals surface area contributed by atoms with Crippen LogP contribution in [0.5, 0.6) is 0 Å². The van der Waals surface area contributed by atoms with Gasteiger partial charge < -0.3 is 16.0 Å². The van der Waals surface area contributed by atoms with Crippen molar-refractivity contribution in [1.82, 2.24) is 10.2 Å². The largest absolute Gasteiger partial charge is 0.354 e. The summed E-state index contributed by atoms with van der Waals surface area (Å²) in [6.07, 6.45) is 5.41. The minimum absolute atomic E-state index is 0.0126. The zero-order valence-electron chi connectivity index (χ0n) is 13.4. The Morgan fingerprint density at radius 3 is 2.62 bits per heavy atom. The molecule has 2 heterocycles. The number of rotatable bonds is 6. The van der Waals surface area contributed by atoms with Crippen molar-refractivity contribution in [3.8, 4) is 0 Å². The number of nitrogens with two attached hydrogens (primary N) is 1. The number of hydrogen-bond acceptors (Lipinski definition) is 3. The normalized spacial score (nSPS) is 25.7. The first kappa shape index (κ1) is 16.3. The smallest absolute Gasteiger partial charge is 0.230 e. The van der Waals surface area contributed by atoms with Gasteiger partial charge >= 0.3 is 0 Å². The van der Waals surface area contributed by atoms with Gasteiger partial charge in [0.1, 0.15) is 0 Å². The average Bonchev–Trinajstić information content (AvgIpc) is 2.88. The summed E-state index contributed by atoms with van der Waals surface area (Å²) in [5, 5.41) is 2.92. The number of nitrogens with zero attached hydrogens (tertiary/aromatic N) is 1. The van der Waals surface area contributed by atoms with E-state index in [4.69, 9.17) is 5.73 Å². The summed E-state index contributed by atoms with van der Waals surface area (Å²) in [6.45, 7) is 5.99.